The van der Waals surface area contributed by atoms with E-state index in [1.807, 2.05) is 24.3 Å². The minimum Gasteiger partial charge on any atom is -0.298 e. The SMILES string of the molecule is CN(C)S(=O)(=O)c1cccc(CN2CCCN(Cc3ccc(F)cc3)CC2)c1. The summed E-state index contributed by atoms with van der Waals surface area (Å²) in [6, 6.07) is 13.9. The molecule has 7 heteroatoms. The van der Waals surface area contributed by atoms with Gasteiger partial charge in [-0.3, -0.25) is 9.80 Å². The molecule has 0 unspecified atom stereocenters. The Morgan fingerprint density at radius 1 is 0.893 bits per heavy atom. The second-order valence-electron chi connectivity index (χ2n) is 7.47. The van der Waals surface area contributed by atoms with Gasteiger partial charge in [-0.25, -0.2) is 17.1 Å². The van der Waals surface area contributed by atoms with Crippen molar-refractivity contribution in [3.05, 3.63) is 65.5 Å². The minimum atomic E-state index is -3.41. The summed E-state index contributed by atoms with van der Waals surface area (Å²) in [5.74, 6) is -0.204. The lowest BCUT2D eigenvalue weighted by atomic mass is 10.2. The maximum Gasteiger partial charge on any atom is 0.242 e. The highest BCUT2D eigenvalue weighted by Crippen LogP contribution is 2.17. The average Bonchev–Trinajstić information content (AvgIpc) is 2.89. The van der Waals surface area contributed by atoms with Gasteiger partial charge in [0.25, 0.3) is 0 Å². The number of benzene rings is 2. The van der Waals surface area contributed by atoms with Crippen molar-refractivity contribution in [2.75, 3.05) is 40.3 Å². The van der Waals surface area contributed by atoms with Crippen LogP contribution in [0.2, 0.25) is 0 Å². The van der Waals surface area contributed by atoms with Crippen LogP contribution in [0.1, 0.15) is 17.5 Å². The van der Waals surface area contributed by atoms with Gasteiger partial charge in [-0.05, 0) is 54.9 Å². The summed E-state index contributed by atoms with van der Waals surface area (Å²) in [5.41, 5.74) is 2.13. The first-order chi connectivity index (χ1) is 13.3. The fraction of sp³-hybridized carbons (Fsp3) is 0.429. The quantitative estimate of drug-likeness (QED) is 0.741. The molecular formula is C21H28FN3O2S. The van der Waals surface area contributed by atoms with Crippen molar-refractivity contribution in [1.82, 2.24) is 14.1 Å². The lowest BCUT2D eigenvalue weighted by molar-refractivity contribution is 0.247. The molecule has 1 heterocycles. The van der Waals surface area contributed by atoms with Crippen LogP contribution in [-0.2, 0) is 23.1 Å². The molecule has 2 aromatic carbocycles. The lowest BCUT2D eigenvalue weighted by Gasteiger charge is -2.22. The van der Waals surface area contributed by atoms with Gasteiger partial charge in [0, 0.05) is 40.3 Å². The molecule has 5 nitrogen and oxygen atoms in total. The number of halogens is 1. The van der Waals surface area contributed by atoms with Gasteiger partial charge >= 0.3 is 0 Å². The topological polar surface area (TPSA) is 43.9 Å². The number of hydrogen-bond acceptors (Lipinski definition) is 4. The Balaban J connectivity index is 1.60. The molecule has 1 aliphatic heterocycles. The summed E-state index contributed by atoms with van der Waals surface area (Å²) in [4.78, 5) is 5.09. The van der Waals surface area contributed by atoms with Crippen LogP contribution in [0.25, 0.3) is 0 Å². The molecule has 0 aliphatic carbocycles. The highest BCUT2D eigenvalue weighted by Gasteiger charge is 2.19. The summed E-state index contributed by atoms with van der Waals surface area (Å²) in [6.07, 6.45) is 1.05. The van der Waals surface area contributed by atoms with Gasteiger partial charge in [-0.1, -0.05) is 24.3 Å². The van der Waals surface area contributed by atoms with Crippen LogP contribution in [0, 0.1) is 5.82 Å². The molecule has 152 valence electrons. The monoisotopic (exact) mass is 405 g/mol. The lowest BCUT2D eigenvalue weighted by Crippen LogP contribution is -2.30. The summed E-state index contributed by atoms with van der Waals surface area (Å²) >= 11 is 0. The van der Waals surface area contributed by atoms with Crippen molar-refractivity contribution in [2.45, 2.75) is 24.4 Å². The smallest absolute Gasteiger partial charge is 0.242 e. The van der Waals surface area contributed by atoms with Crippen LogP contribution in [0.4, 0.5) is 4.39 Å². The average molecular weight is 406 g/mol. The van der Waals surface area contributed by atoms with E-state index in [0.717, 1.165) is 56.8 Å². The van der Waals surface area contributed by atoms with Crippen LogP contribution in [0.5, 0.6) is 0 Å². The van der Waals surface area contributed by atoms with Gasteiger partial charge in [0.1, 0.15) is 5.82 Å². The van der Waals surface area contributed by atoms with Crippen LogP contribution >= 0.6 is 0 Å². The molecule has 1 saturated heterocycles. The maximum atomic E-state index is 13.1. The molecule has 0 spiro atoms. The summed E-state index contributed by atoms with van der Waals surface area (Å²) in [5, 5.41) is 0. The van der Waals surface area contributed by atoms with E-state index in [1.165, 1.54) is 16.4 Å². The molecule has 1 fully saturated rings. The molecule has 1 aliphatic rings. The van der Waals surface area contributed by atoms with Crippen LogP contribution < -0.4 is 0 Å². The van der Waals surface area contributed by atoms with Crippen LogP contribution in [0.15, 0.2) is 53.4 Å². The normalized spacial score (nSPS) is 17.0. The predicted molar refractivity (Wildman–Crippen MR) is 109 cm³/mol. The zero-order valence-electron chi connectivity index (χ0n) is 16.5. The maximum absolute atomic E-state index is 13.1. The van der Waals surface area contributed by atoms with Gasteiger partial charge in [-0.2, -0.15) is 0 Å². The molecule has 28 heavy (non-hydrogen) atoms. The van der Waals surface area contributed by atoms with Gasteiger partial charge < -0.3 is 0 Å². The van der Waals surface area contributed by atoms with Crippen molar-refractivity contribution in [2.24, 2.45) is 0 Å². The molecule has 0 amide bonds. The molecule has 0 aromatic heterocycles. The van der Waals surface area contributed by atoms with Crippen molar-refractivity contribution in [3.63, 3.8) is 0 Å². The fourth-order valence-electron chi connectivity index (χ4n) is 3.46. The first kappa shape index (κ1) is 20.9. The Labute approximate surface area is 167 Å². The molecule has 2 aromatic rings. The van der Waals surface area contributed by atoms with E-state index in [0.29, 0.717) is 4.90 Å². The van der Waals surface area contributed by atoms with Crippen molar-refractivity contribution < 1.29 is 12.8 Å². The van der Waals surface area contributed by atoms with Gasteiger partial charge in [-0.15, -0.1) is 0 Å². The van der Waals surface area contributed by atoms with Gasteiger partial charge in [0.05, 0.1) is 4.90 Å². The van der Waals surface area contributed by atoms with E-state index in [2.05, 4.69) is 9.80 Å². The Morgan fingerprint density at radius 2 is 1.50 bits per heavy atom. The van der Waals surface area contributed by atoms with Crippen LogP contribution in [0.3, 0.4) is 0 Å². The second-order valence-corrected chi connectivity index (χ2v) is 9.62. The first-order valence-corrected chi connectivity index (χ1v) is 11.0. The Bertz CT molecular complexity index is 885. The Hall–Kier alpha value is -1.80. The van der Waals surface area contributed by atoms with E-state index >= 15 is 0 Å². The van der Waals surface area contributed by atoms with E-state index in [1.54, 1.807) is 26.2 Å². The number of sulfonamides is 1. The number of nitrogens with zero attached hydrogens (tertiary/aromatic N) is 3. The minimum absolute atomic E-state index is 0.204. The molecular weight excluding hydrogens is 377 g/mol. The summed E-state index contributed by atoms with van der Waals surface area (Å²) in [7, 11) is -0.318. The first-order valence-electron chi connectivity index (χ1n) is 9.55. The van der Waals surface area contributed by atoms with E-state index in [-0.39, 0.29) is 5.82 Å². The third kappa shape index (κ3) is 5.38. The van der Waals surface area contributed by atoms with E-state index in [4.69, 9.17) is 0 Å². The van der Waals surface area contributed by atoms with Crippen LogP contribution in [-0.4, -0.2) is 62.8 Å². The Kier molecular flexibility index (Phi) is 6.82. The second kappa shape index (κ2) is 9.13. The van der Waals surface area contributed by atoms with Crippen molar-refractivity contribution >= 4 is 10.0 Å². The van der Waals surface area contributed by atoms with Crippen molar-refractivity contribution in [1.29, 1.82) is 0 Å². The predicted octanol–water partition coefficient (Wildman–Crippen LogP) is 2.78. The highest BCUT2D eigenvalue weighted by molar-refractivity contribution is 7.89. The van der Waals surface area contributed by atoms with E-state index in [9.17, 15) is 12.8 Å². The largest absolute Gasteiger partial charge is 0.298 e. The summed E-state index contributed by atoms with van der Waals surface area (Å²) in [6.45, 7) is 5.40. The molecule has 3 rings (SSSR count). The third-order valence-corrected chi connectivity index (χ3v) is 6.89. The zero-order valence-corrected chi connectivity index (χ0v) is 17.3. The van der Waals surface area contributed by atoms with Crippen molar-refractivity contribution in [3.8, 4) is 0 Å². The molecule has 0 saturated carbocycles. The third-order valence-electron chi connectivity index (χ3n) is 5.08. The number of rotatable bonds is 6. The number of hydrogen-bond donors (Lipinski definition) is 0. The molecule has 0 radical (unpaired) electrons. The fourth-order valence-corrected chi connectivity index (χ4v) is 4.43. The standard InChI is InChI=1S/C21H28FN3O2S/c1-23(2)28(26,27)21-6-3-5-19(15-21)17-25-12-4-11-24(13-14-25)16-18-7-9-20(22)10-8-18/h3,5-10,15H,4,11-14,16-17H2,1-2H3. The van der Waals surface area contributed by atoms with Gasteiger partial charge in [0.15, 0.2) is 0 Å². The highest BCUT2D eigenvalue weighted by atomic mass is 32.2. The Morgan fingerprint density at radius 3 is 2.11 bits per heavy atom. The zero-order chi connectivity index (χ0) is 20.1. The molecule has 0 atom stereocenters. The molecule has 0 bridgehead atoms. The molecule has 0 N–H and O–H groups in total. The van der Waals surface area contributed by atoms with Gasteiger partial charge in [0.2, 0.25) is 10.0 Å². The summed E-state index contributed by atoms with van der Waals surface area (Å²) < 4.78 is 39.0. The van der Waals surface area contributed by atoms with E-state index < -0.39 is 10.0 Å².